The van der Waals surface area contributed by atoms with Crippen LogP contribution in [0.5, 0.6) is 0 Å². The fraction of sp³-hybridized carbons (Fsp3) is 0.429. The fourth-order valence-corrected chi connectivity index (χ4v) is 2.72. The van der Waals surface area contributed by atoms with Crippen molar-refractivity contribution in [2.45, 2.75) is 32.7 Å². The van der Waals surface area contributed by atoms with Gasteiger partial charge < -0.3 is 5.32 Å². The fourth-order valence-electron chi connectivity index (χ4n) is 1.79. The van der Waals surface area contributed by atoms with Gasteiger partial charge in [-0.3, -0.25) is 0 Å². The van der Waals surface area contributed by atoms with Crippen LogP contribution >= 0.6 is 11.3 Å². The average Bonchev–Trinajstić information content (AvgIpc) is 2.87. The summed E-state index contributed by atoms with van der Waals surface area (Å²) in [5.74, 6) is 0. The van der Waals surface area contributed by atoms with Crippen molar-refractivity contribution in [3.63, 3.8) is 0 Å². The van der Waals surface area contributed by atoms with Crippen LogP contribution < -0.4 is 5.32 Å². The predicted octanol–water partition coefficient (Wildman–Crippen LogP) is 2.97. The maximum Gasteiger partial charge on any atom is 0.131 e. The highest BCUT2D eigenvalue weighted by atomic mass is 32.1. The van der Waals surface area contributed by atoms with E-state index in [-0.39, 0.29) is 5.41 Å². The summed E-state index contributed by atoms with van der Waals surface area (Å²) >= 11 is 1.69. The lowest BCUT2D eigenvalue weighted by molar-refractivity contribution is 0.624. The van der Waals surface area contributed by atoms with Gasteiger partial charge in [0.15, 0.2) is 0 Å². The van der Waals surface area contributed by atoms with E-state index in [4.69, 9.17) is 0 Å². The third-order valence-electron chi connectivity index (χ3n) is 3.02. The van der Waals surface area contributed by atoms with Crippen LogP contribution in [0.1, 0.15) is 36.3 Å². The molecule has 2 rings (SSSR count). The molecule has 0 aliphatic rings. The minimum atomic E-state index is -0.0800. The molecule has 0 aliphatic carbocycles. The molecule has 0 amide bonds. The smallest absolute Gasteiger partial charge is 0.131 e. The van der Waals surface area contributed by atoms with Gasteiger partial charge in [0.25, 0.3) is 0 Å². The van der Waals surface area contributed by atoms with E-state index in [1.165, 1.54) is 5.56 Å². The van der Waals surface area contributed by atoms with E-state index in [1.807, 2.05) is 6.07 Å². The maximum atomic E-state index is 4.35. The molecule has 0 spiro atoms. The number of hydrogen-bond acceptors (Lipinski definition) is 4. The van der Waals surface area contributed by atoms with Crippen molar-refractivity contribution in [3.05, 3.63) is 45.9 Å². The summed E-state index contributed by atoms with van der Waals surface area (Å²) in [6.07, 6.45) is 0. The molecule has 96 valence electrons. The van der Waals surface area contributed by atoms with Crippen LogP contribution in [0, 0.1) is 0 Å². The SMILES string of the molecule is CCNCc1nnc(C(C)(C)c2ccccc2)s1. The lowest BCUT2D eigenvalue weighted by atomic mass is 9.85. The summed E-state index contributed by atoms with van der Waals surface area (Å²) < 4.78 is 0. The van der Waals surface area contributed by atoms with Crippen LogP contribution in [0.3, 0.4) is 0 Å². The number of nitrogens with one attached hydrogen (secondary N) is 1. The van der Waals surface area contributed by atoms with E-state index in [9.17, 15) is 0 Å². The Morgan fingerprint density at radius 3 is 2.56 bits per heavy atom. The van der Waals surface area contributed by atoms with Crippen molar-refractivity contribution in [3.8, 4) is 0 Å². The normalized spacial score (nSPS) is 11.7. The molecule has 0 atom stereocenters. The van der Waals surface area contributed by atoms with Gasteiger partial charge in [0, 0.05) is 12.0 Å². The first-order valence-corrected chi connectivity index (χ1v) is 7.05. The van der Waals surface area contributed by atoms with Crippen molar-refractivity contribution >= 4 is 11.3 Å². The van der Waals surface area contributed by atoms with Gasteiger partial charge >= 0.3 is 0 Å². The number of rotatable bonds is 5. The first-order chi connectivity index (χ1) is 8.64. The summed E-state index contributed by atoms with van der Waals surface area (Å²) in [6.45, 7) is 8.24. The molecule has 1 N–H and O–H groups in total. The highest BCUT2D eigenvalue weighted by Crippen LogP contribution is 2.32. The second kappa shape index (κ2) is 5.59. The number of nitrogens with zero attached hydrogens (tertiary/aromatic N) is 2. The molecule has 0 bridgehead atoms. The Bertz CT molecular complexity index is 491. The van der Waals surface area contributed by atoms with Crippen LogP contribution in [0.2, 0.25) is 0 Å². The molecule has 4 heteroatoms. The van der Waals surface area contributed by atoms with Crippen molar-refractivity contribution in [2.75, 3.05) is 6.54 Å². The molecule has 0 radical (unpaired) electrons. The summed E-state index contributed by atoms with van der Waals surface area (Å²) in [5.41, 5.74) is 1.19. The van der Waals surface area contributed by atoms with Gasteiger partial charge in [0.1, 0.15) is 10.0 Å². The zero-order chi connectivity index (χ0) is 13.0. The Kier molecular flexibility index (Phi) is 4.09. The Labute approximate surface area is 112 Å². The number of aromatic nitrogens is 2. The molecule has 18 heavy (non-hydrogen) atoms. The van der Waals surface area contributed by atoms with E-state index in [0.717, 1.165) is 23.1 Å². The average molecular weight is 261 g/mol. The first-order valence-electron chi connectivity index (χ1n) is 6.23. The van der Waals surface area contributed by atoms with E-state index < -0.39 is 0 Å². The van der Waals surface area contributed by atoms with Crippen LogP contribution in [0.15, 0.2) is 30.3 Å². The number of benzene rings is 1. The molecule has 0 saturated carbocycles. The van der Waals surface area contributed by atoms with Gasteiger partial charge in [0.2, 0.25) is 0 Å². The van der Waals surface area contributed by atoms with Crippen molar-refractivity contribution < 1.29 is 0 Å². The van der Waals surface area contributed by atoms with Crippen LogP contribution in [-0.2, 0) is 12.0 Å². The lowest BCUT2D eigenvalue weighted by Gasteiger charge is -2.21. The van der Waals surface area contributed by atoms with Crippen molar-refractivity contribution in [1.29, 1.82) is 0 Å². The molecule has 3 nitrogen and oxygen atoms in total. The topological polar surface area (TPSA) is 37.8 Å². The van der Waals surface area contributed by atoms with Gasteiger partial charge in [0.05, 0.1) is 0 Å². The highest BCUT2D eigenvalue weighted by Gasteiger charge is 2.27. The van der Waals surface area contributed by atoms with Gasteiger partial charge in [-0.2, -0.15) is 0 Å². The first kappa shape index (κ1) is 13.2. The Balaban J connectivity index is 2.22. The van der Waals surface area contributed by atoms with Crippen molar-refractivity contribution in [1.82, 2.24) is 15.5 Å². The summed E-state index contributed by atoms with van der Waals surface area (Å²) in [5, 5.41) is 14.0. The van der Waals surface area contributed by atoms with Crippen molar-refractivity contribution in [2.24, 2.45) is 0 Å². The Morgan fingerprint density at radius 1 is 1.17 bits per heavy atom. The molecule has 0 aliphatic heterocycles. The third kappa shape index (κ3) is 2.76. The maximum absolute atomic E-state index is 4.35. The quantitative estimate of drug-likeness (QED) is 0.899. The molecule has 1 aromatic carbocycles. The second-order valence-electron chi connectivity index (χ2n) is 4.77. The Morgan fingerprint density at radius 2 is 1.89 bits per heavy atom. The summed E-state index contributed by atoms with van der Waals surface area (Å²) in [6, 6.07) is 10.5. The van der Waals surface area contributed by atoms with Crippen LogP contribution in [0.4, 0.5) is 0 Å². The van der Waals surface area contributed by atoms with E-state index in [2.05, 4.69) is 60.6 Å². The number of hydrogen-bond donors (Lipinski definition) is 1. The largest absolute Gasteiger partial charge is 0.311 e. The minimum Gasteiger partial charge on any atom is -0.311 e. The monoisotopic (exact) mass is 261 g/mol. The Hall–Kier alpha value is -1.26. The zero-order valence-electron chi connectivity index (χ0n) is 11.1. The lowest BCUT2D eigenvalue weighted by Crippen LogP contribution is -2.18. The summed E-state index contributed by atoms with van der Waals surface area (Å²) in [4.78, 5) is 0. The molecular weight excluding hydrogens is 242 g/mol. The summed E-state index contributed by atoms with van der Waals surface area (Å²) in [7, 11) is 0. The molecule has 2 aromatic rings. The second-order valence-corrected chi connectivity index (χ2v) is 5.83. The van der Waals surface area contributed by atoms with Crippen LogP contribution in [-0.4, -0.2) is 16.7 Å². The third-order valence-corrected chi connectivity index (χ3v) is 4.27. The van der Waals surface area contributed by atoms with E-state index in [0.29, 0.717) is 0 Å². The van der Waals surface area contributed by atoms with E-state index in [1.54, 1.807) is 11.3 Å². The minimum absolute atomic E-state index is 0.0800. The zero-order valence-corrected chi connectivity index (χ0v) is 11.9. The standard InChI is InChI=1S/C14H19N3S/c1-4-15-10-12-16-17-13(18-12)14(2,3)11-8-6-5-7-9-11/h5-9,15H,4,10H2,1-3H3. The van der Waals surface area contributed by atoms with Crippen LogP contribution in [0.25, 0.3) is 0 Å². The van der Waals surface area contributed by atoms with E-state index >= 15 is 0 Å². The molecular formula is C14H19N3S. The van der Waals surface area contributed by atoms with Gasteiger partial charge in [-0.25, -0.2) is 0 Å². The molecule has 1 heterocycles. The molecule has 0 fully saturated rings. The van der Waals surface area contributed by atoms with Gasteiger partial charge in [-0.15, -0.1) is 10.2 Å². The molecule has 0 saturated heterocycles. The predicted molar refractivity (Wildman–Crippen MR) is 75.9 cm³/mol. The highest BCUT2D eigenvalue weighted by molar-refractivity contribution is 7.11. The van der Waals surface area contributed by atoms with Gasteiger partial charge in [-0.1, -0.05) is 48.6 Å². The molecule has 1 aromatic heterocycles. The molecule has 0 unspecified atom stereocenters. The van der Waals surface area contributed by atoms with Gasteiger partial charge in [-0.05, 0) is 26.0 Å².